The molecule has 3 nitrogen and oxygen atoms in total. The van der Waals surface area contributed by atoms with Crippen molar-refractivity contribution in [2.75, 3.05) is 18.0 Å². The van der Waals surface area contributed by atoms with E-state index in [2.05, 4.69) is 4.98 Å². The Morgan fingerprint density at radius 1 is 1.21 bits per heavy atom. The fraction of sp³-hybridized carbons (Fsp3) is 0.417. The number of imidazole rings is 1. The summed E-state index contributed by atoms with van der Waals surface area (Å²) in [6, 6.07) is 5.47. The first-order valence-corrected chi connectivity index (χ1v) is 6.65. The highest BCUT2D eigenvalue weighted by Gasteiger charge is 2.34. The third kappa shape index (κ3) is 2.37. The van der Waals surface area contributed by atoms with Gasteiger partial charge in [-0.25, -0.2) is 17.9 Å². The van der Waals surface area contributed by atoms with Crippen molar-refractivity contribution >= 4 is 40.1 Å². The van der Waals surface area contributed by atoms with E-state index in [4.69, 9.17) is 23.4 Å². The summed E-state index contributed by atoms with van der Waals surface area (Å²) < 4.78 is 27.5. The average Bonchev–Trinajstić information content (AvgIpc) is 2.65. The molecular formula is C12H11Cl2F2N3. The lowest BCUT2D eigenvalue weighted by molar-refractivity contribution is -0.0220. The van der Waals surface area contributed by atoms with Gasteiger partial charge in [-0.2, -0.15) is 0 Å². The fourth-order valence-corrected chi connectivity index (χ4v) is 2.65. The standard InChI is InChI=1S/C12H11Cl2F2N3/c13-11-17-9-2-1-8(7-10(9)19(11)14)18-5-3-12(15,16)4-6-18/h1-2,7H,3-6H2. The van der Waals surface area contributed by atoms with E-state index in [9.17, 15) is 8.78 Å². The van der Waals surface area contributed by atoms with Gasteiger partial charge in [0.15, 0.2) is 0 Å². The van der Waals surface area contributed by atoms with Crippen LogP contribution in [0.15, 0.2) is 18.2 Å². The van der Waals surface area contributed by atoms with Crippen LogP contribution < -0.4 is 4.90 Å². The topological polar surface area (TPSA) is 21.1 Å². The molecule has 0 atom stereocenters. The number of hydrogen-bond donors (Lipinski definition) is 0. The Bertz CT molecular complexity index is 617. The highest BCUT2D eigenvalue weighted by Crippen LogP contribution is 2.32. The van der Waals surface area contributed by atoms with Crippen molar-refractivity contribution < 1.29 is 8.78 Å². The fourth-order valence-electron chi connectivity index (χ4n) is 2.30. The summed E-state index contributed by atoms with van der Waals surface area (Å²) in [5.41, 5.74) is 2.23. The Morgan fingerprint density at radius 3 is 2.58 bits per heavy atom. The van der Waals surface area contributed by atoms with Crippen molar-refractivity contribution in [1.29, 1.82) is 0 Å². The van der Waals surface area contributed by atoms with Crippen LogP contribution in [-0.2, 0) is 0 Å². The number of benzene rings is 1. The lowest BCUT2D eigenvalue weighted by atomic mass is 10.1. The van der Waals surface area contributed by atoms with Crippen molar-refractivity contribution in [3.05, 3.63) is 23.5 Å². The highest BCUT2D eigenvalue weighted by atomic mass is 35.5. The van der Waals surface area contributed by atoms with Gasteiger partial charge in [-0.05, 0) is 29.8 Å². The quantitative estimate of drug-likeness (QED) is 0.796. The second-order valence-corrected chi connectivity index (χ2v) is 5.35. The van der Waals surface area contributed by atoms with Crippen LogP contribution in [0.5, 0.6) is 0 Å². The molecule has 0 spiro atoms. The number of hydrogen-bond acceptors (Lipinski definition) is 2. The van der Waals surface area contributed by atoms with Crippen LogP contribution >= 0.6 is 23.4 Å². The van der Waals surface area contributed by atoms with Crippen LogP contribution in [0.4, 0.5) is 14.5 Å². The van der Waals surface area contributed by atoms with Gasteiger partial charge in [0, 0.05) is 43.4 Å². The van der Waals surface area contributed by atoms with Crippen LogP contribution in [0.1, 0.15) is 12.8 Å². The van der Waals surface area contributed by atoms with Gasteiger partial charge in [0.25, 0.3) is 5.92 Å². The average molecular weight is 306 g/mol. The molecule has 0 unspecified atom stereocenters. The molecule has 0 amide bonds. The number of anilines is 1. The molecule has 1 aromatic heterocycles. The third-order valence-corrected chi connectivity index (χ3v) is 4.09. The van der Waals surface area contributed by atoms with Gasteiger partial charge in [-0.15, -0.1) is 0 Å². The first kappa shape index (κ1) is 12.9. The van der Waals surface area contributed by atoms with Gasteiger partial charge in [-0.1, -0.05) is 0 Å². The van der Waals surface area contributed by atoms with E-state index in [1.54, 1.807) is 6.07 Å². The van der Waals surface area contributed by atoms with Crippen molar-refractivity contribution in [3.8, 4) is 0 Å². The van der Waals surface area contributed by atoms with Crippen molar-refractivity contribution in [2.24, 2.45) is 0 Å². The maximum absolute atomic E-state index is 13.1. The number of fused-ring (bicyclic) bond motifs is 1. The normalized spacial score (nSPS) is 19.1. The molecule has 0 radical (unpaired) electrons. The minimum absolute atomic E-state index is 0.119. The molecule has 0 saturated carbocycles. The summed E-state index contributed by atoms with van der Waals surface area (Å²) in [7, 11) is 0. The summed E-state index contributed by atoms with van der Waals surface area (Å²) in [6.07, 6.45) is -0.238. The predicted molar refractivity (Wildman–Crippen MR) is 72.4 cm³/mol. The first-order valence-electron chi connectivity index (χ1n) is 5.93. The van der Waals surface area contributed by atoms with Gasteiger partial charge in [-0.3, -0.25) is 0 Å². The van der Waals surface area contributed by atoms with Gasteiger partial charge in [0.2, 0.25) is 5.28 Å². The van der Waals surface area contributed by atoms with E-state index in [1.165, 1.54) is 4.09 Å². The molecule has 0 aliphatic carbocycles. The smallest absolute Gasteiger partial charge is 0.251 e. The van der Waals surface area contributed by atoms with E-state index in [-0.39, 0.29) is 18.1 Å². The predicted octanol–water partition coefficient (Wildman–Crippen LogP) is 3.93. The van der Waals surface area contributed by atoms with Gasteiger partial charge in [0.05, 0.1) is 11.0 Å². The second-order valence-electron chi connectivity index (χ2n) is 4.68. The summed E-state index contributed by atoms with van der Waals surface area (Å²) in [5.74, 6) is -2.54. The maximum atomic E-state index is 13.1. The number of alkyl halides is 2. The molecule has 3 rings (SSSR count). The molecule has 2 heterocycles. The summed E-state index contributed by atoms with van der Waals surface area (Å²) in [6.45, 7) is 0.672. The molecule has 1 aliphatic heterocycles. The number of aromatic nitrogens is 2. The number of piperidine rings is 1. The molecule has 102 valence electrons. The van der Waals surface area contributed by atoms with Crippen molar-refractivity contribution in [1.82, 2.24) is 9.07 Å². The van der Waals surface area contributed by atoms with Crippen molar-refractivity contribution in [3.63, 3.8) is 0 Å². The Labute approximate surface area is 118 Å². The SMILES string of the molecule is FC1(F)CCN(c2ccc3nc(Cl)n(Cl)c3c2)CC1. The molecule has 1 fully saturated rings. The van der Waals surface area contributed by atoms with Crippen LogP contribution in [-0.4, -0.2) is 28.1 Å². The minimum Gasteiger partial charge on any atom is -0.371 e. The molecule has 1 aliphatic rings. The second kappa shape index (κ2) is 4.49. The molecule has 0 N–H and O–H groups in total. The zero-order valence-electron chi connectivity index (χ0n) is 9.91. The number of halogens is 4. The number of rotatable bonds is 1. The summed E-state index contributed by atoms with van der Waals surface area (Å²) in [4.78, 5) is 6.01. The van der Waals surface area contributed by atoms with Gasteiger partial charge < -0.3 is 4.90 Å². The van der Waals surface area contributed by atoms with Crippen LogP contribution in [0.3, 0.4) is 0 Å². The first-order chi connectivity index (χ1) is 8.96. The zero-order chi connectivity index (χ0) is 13.6. The molecule has 19 heavy (non-hydrogen) atoms. The Hall–Kier alpha value is -1.07. The Kier molecular flexibility index (Phi) is 3.06. The largest absolute Gasteiger partial charge is 0.371 e. The zero-order valence-corrected chi connectivity index (χ0v) is 11.4. The monoisotopic (exact) mass is 305 g/mol. The lowest BCUT2D eigenvalue weighted by Gasteiger charge is -2.33. The van der Waals surface area contributed by atoms with Crippen molar-refractivity contribution in [2.45, 2.75) is 18.8 Å². The molecule has 7 heteroatoms. The van der Waals surface area contributed by atoms with Crippen LogP contribution in [0.2, 0.25) is 5.28 Å². The van der Waals surface area contributed by atoms with E-state index < -0.39 is 5.92 Å². The molecular weight excluding hydrogens is 295 g/mol. The van der Waals surface area contributed by atoms with E-state index in [0.29, 0.717) is 24.1 Å². The Balaban J connectivity index is 1.91. The van der Waals surface area contributed by atoms with Gasteiger partial charge in [0.1, 0.15) is 0 Å². The van der Waals surface area contributed by atoms with E-state index in [0.717, 1.165) is 5.69 Å². The van der Waals surface area contributed by atoms with E-state index in [1.807, 2.05) is 17.0 Å². The molecule has 1 aromatic carbocycles. The lowest BCUT2D eigenvalue weighted by Crippen LogP contribution is -2.39. The van der Waals surface area contributed by atoms with Gasteiger partial charge >= 0.3 is 0 Å². The minimum atomic E-state index is -2.54. The maximum Gasteiger partial charge on any atom is 0.251 e. The summed E-state index contributed by atoms with van der Waals surface area (Å²) >= 11 is 11.8. The molecule has 1 saturated heterocycles. The Morgan fingerprint density at radius 2 is 1.89 bits per heavy atom. The van der Waals surface area contributed by atoms with Crippen LogP contribution in [0.25, 0.3) is 11.0 Å². The third-order valence-electron chi connectivity index (χ3n) is 3.41. The highest BCUT2D eigenvalue weighted by molar-refractivity contribution is 6.33. The van der Waals surface area contributed by atoms with Crippen LogP contribution in [0, 0.1) is 0 Å². The summed E-state index contributed by atoms with van der Waals surface area (Å²) in [5, 5.41) is 0.194. The molecule has 0 bridgehead atoms. The molecule has 2 aromatic rings. The van der Waals surface area contributed by atoms with E-state index >= 15 is 0 Å². The number of nitrogens with zero attached hydrogens (tertiary/aromatic N) is 3.